The van der Waals surface area contributed by atoms with Gasteiger partial charge in [-0.3, -0.25) is 0 Å². The maximum absolute atomic E-state index is 13.5. The largest absolute Gasteiger partial charge is 0.436 e. The number of rotatable bonds is 3. The van der Waals surface area contributed by atoms with Gasteiger partial charge in [0.25, 0.3) is 0 Å². The summed E-state index contributed by atoms with van der Waals surface area (Å²) < 4.78 is 19.4. The molecule has 0 saturated carbocycles. The van der Waals surface area contributed by atoms with Crippen molar-refractivity contribution in [3.05, 3.63) is 34.6 Å². The summed E-state index contributed by atoms with van der Waals surface area (Å²) in [4.78, 5) is 7.60. The number of benzene rings is 1. The summed E-state index contributed by atoms with van der Waals surface area (Å²) in [5, 5.41) is 0. The number of ether oxygens (including phenoxy) is 1. The van der Waals surface area contributed by atoms with Gasteiger partial charge in [0.1, 0.15) is 5.82 Å². The second-order valence-electron chi connectivity index (χ2n) is 3.27. The highest BCUT2D eigenvalue weighted by Crippen LogP contribution is 2.27. The number of hydrazine groups is 1. The first-order valence-corrected chi connectivity index (χ1v) is 5.62. The molecule has 1 aromatic heterocycles. The predicted octanol–water partition coefficient (Wildman–Crippen LogP) is 2.04. The molecule has 2 rings (SSSR count). The third-order valence-electron chi connectivity index (χ3n) is 1.98. The Kier molecular flexibility index (Phi) is 3.58. The number of nitrogens with two attached hydrogens (primary N) is 2. The predicted molar refractivity (Wildman–Crippen MR) is 68.4 cm³/mol. The standard InChI is InChI=1S/C10H9BrFN5O/c11-5-1-2-6(12)7(3-5)18-9-4-8(17-14)15-10(13)16-9/h1-4H,14H2,(H3,13,15,16,17). The second-order valence-corrected chi connectivity index (χ2v) is 4.19. The van der Waals surface area contributed by atoms with Gasteiger partial charge in [0.15, 0.2) is 11.6 Å². The average molecular weight is 314 g/mol. The van der Waals surface area contributed by atoms with E-state index in [1.54, 1.807) is 6.07 Å². The van der Waals surface area contributed by atoms with Crippen molar-refractivity contribution in [3.63, 3.8) is 0 Å². The average Bonchev–Trinajstić information content (AvgIpc) is 2.33. The van der Waals surface area contributed by atoms with Crippen molar-refractivity contribution in [2.75, 3.05) is 11.2 Å². The summed E-state index contributed by atoms with van der Waals surface area (Å²) in [6.07, 6.45) is 0. The van der Waals surface area contributed by atoms with Crippen molar-refractivity contribution in [1.82, 2.24) is 9.97 Å². The first kappa shape index (κ1) is 12.5. The molecule has 2 aromatic rings. The van der Waals surface area contributed by atoms with Gasteiger partial charge in [-0.25, -0.2) is 10.2 Å². The highest BCUT2D eigenvalue weighted by atomic mass is 79.9. The number of nitrogen functional groups attached to an aromatic ring is 2. The minimum absolute atomic E-state index is 0.0189. The molecule has 0 unspecified atom stereocenters. The van der Waals surface area contributed by atoms with Crippen LogP contribution in [0.4, 0.5) is 16.2 Å². The van der Waals surface area contributed by atoms with E-state index in [1.807, 2.05) is 0 Å². The Hall–Kier alpha value is -1.93. The highest BCUT2D eigenvalue weighted by molar-refractivity contribution is 9.10. The van der Waals surface area contributed by atoms with Crippen molar-refractivity contribution >= 4 is 27.7 Å². The Morgan fingerprint density at radius 2 is 2.06 bits per heavy atom. The van der Waals surface area contributed by atoms with Crippen molar-refractivity contribution in [1.29, 1.82) is 0 Å². The van der Waals surface area contributed by atoms with Gasteiger partial charge in [0.2, 0.25) is 11.8 Å². The molecule has 0 radical (unpaired) electrons. The van der Waals surface area contributed by atoms with Gasteiger partial charge in [-0.05, 0) is 18.2 Å². The Labute approximate surface area is 110 Å². The smallest absolute Gasteiger partial charge is 0.226 e. The quantitative estimate of drug-likeness (QED) is 0.592. The first-order chi connectivity index (χ1) is 8.58. The molecule has 6 nitrogen and oxygen atoms in total. The maximum Gasteiger partial charge on any atom is 0.226 e. The Bertz CT molecular complexity index is 580. The molecule has 18 heavy (non-hydrogen) atoms. The number of aromatic nitrogens is 2. The van der Waals surface area contributed by atoms with Crippen LogP contribution in [0.5, 0.6) is 11.6 Å². The van der Waals surface area contributed by atoms with E-state index < -0.39 is 5.82 Å². The fourth-order valence-electron chi connectivity index (χ4n) is 1.24. The minimum Gasteiger partial charge on any atom is -0.436 e. The summed E-state index contributed by atoms with van der Waals surface area (Å²) >= 11 is 3.22. The lowest BCUT2D eigenvalue weighted by Crippen LogP contribution is -2.10. The number of hydrogen-bond donors (Lipinski definition) is 3. The molecule has 0 atom stereocenters. The van der Waals surface area contributed by atoms with E-state index in [-0.39, 0.29) is 23.4 Å². The van der Waals surface area contributed by atoms with Crippen LogP contribution in [0.3, 0.4) is 0 Å². The number of nitrogens with zero attached hydrogens (tertiary/aromatic N) is 2. The number of hydrogen-bond acceptors (Lipinski definition) is 6. The molecule has 94 valence electrons. The molecule has 0 aliphatic rings. The van der Waals surface area contributed by atoms with Gasteiger partial charge < -0.3 is 15.9 Å². The monoisotopic (exact) mass is 313 g/mol. The van der Waals surface area contributed by atoms with Gasteiger partial charge >= 0.3 is 0 Å². The maximum atomic E-state index is 13.5. The fourth-order valence-corrected chi connectivity index (χ4v) is 1.58. The normalized spacial score (nSPS) is 10.2. The molecular weight excluding hydrogens is 305 g/mol. The lowest BCUT2D eigenvalue weighted by Gasteiger charge is -2.08. The van der Waals surface area contributed by atoms with E-state index in [0.29, 0.717) is 4.47 Å². The summed E-state index contributed by atoms with van der Waals surface area (Å²) in [6.45, 7) is 0. The molecular formula is C10H9BrFN5O. The number of nitrogens with one attached hydrogen (secondary N) is 1. The zero-order valence-corrected chi connectivity index (χ0v) is 10.6. The van der Waals surface area contributed by atoms with Gasteiger partial charge in [-0.1, -0.05) is 15.9 Å². The van der Waals surface area contributed by atoms with Crippen LogP contribution < -0.4 is 21.7 Å². The molecule has 8 heteroatoms. The summed E-state index contributed by atoms with van der Waals surface area (Å²) in [6, 6.07) is 5.70. The SMILES string of the molecule is NNc1cc(Oc2cc(Br)ccc2F)nc(N)n1. The third kappa shape index (κ3) is 2.84. The van der Waals surface area contributed by atoms with Crippen LogP contribution in [-0.4, -0.2) is 9.97 Å². The zero-order chi connectivity index (χ0) is 13.1. The van der Waals surface area contributed by atoms with Gasteiger partial charge in [-0.15, -0.1) is 0 Å². The lowest BCUT2D eigenvalue weighted by atomic mass is 10.3. The summed E-state index contributed by atoms with van der Waals surface area (Å²) in [7, 11) is 0. The van der Waals surface area contributed by atoms with Crippen LogP contribution in [0, 0.1) is 5.82 Å². The van der Waals surface area contributed by atoms with Crippen molar-refractivity contribution in [3.8, 4) is 11.6 Å². The number of halogens is 2. The molecule has 0 aliphatic carbocycles. The van der Waals surface area contributed by atoms with Crippen LogP contribution in [0.1, 0.15) is 0 Å². The van der Waals surface area contributed by atoms with Crippen LogP contribution >= 0.6 is 15.9 Å². The van der Waals surface area contributed by atoms with Gasteiger partial charge in [0, 0.05) is 10.5 Å². The van der Waals surface area contributed by atoms with Crippen LogP contribution in [0.15, 0.2) is 28.7 Å². The van der Waals surface area contributed by atoms with Crippen LogP contribution in [-0.2, 0) is 0 Å². The Balaban J connectivity index is 2.33. The summed E-state index contributed by atoms with van der Waals surface area (Å²) in [5.74, 6) is 5.03. The van der Waals surface area contributed by atoms with E-state index in [4.69, 9.17) is 16.3 Å². The molecule has 0 fully saturated rings. The van der Waals surface area contributed by atoms with E-state index in [2.05, 4.69) is 31.3 Å². The Morgan fingerprint density at radius 1 is 1.28 bits per heavy atom. The molecule has 1 heterocycles. The van der Waals surface area contributed by atoms with Crippen molar-refractivity contribution in [2.45, 2.75) is 0 Å². The van der Waals surface area contributed by atoms with Crippen molar-refractivity contribution < 1.29 is 9.13 Å². The van der Waals surface area contributed by atoms with Crippen LogP contribution in [0.2, 0.25) is 0 Å². The minimum atomic E-state index is -0.516. The topological polar surface area (TPSA) is 99.1 Å². The lowest BCUT2D eigenvalue weighted by molar-refractivity contribution is 0.427. The number of anilines is 2. The van der Waals surface area contributed by atoms with E-state index in [9.17, 15) is 4.39 Å². The first-order valence-electron chi connectivity index (χ1n) is 4.82. The van der Waals surface area contributed by atoms with E-state index in [1.165, 1.54) is 18.2 Å². The molecule has 0 aliphatic heterocycles. The molecule has 0 spiro atoms. The molecule has 0 saturated heterocycles. The molecule has 0 bridgehead atoms. The second kappa shape index (κ2) is 5.15. The highest BCUT2D eigenvalue weighted by Gasteiger charge is 2.08. The summed E-state index contributed by atoms with van der Waals surface area (Å²) in [5.41, 5.74) is 7.76. The molecule has 1 aromatic carbocycles. The zero-order valence-electron chi connectivity index (χ0n) is 9.02. The molecule has 0 amide bonds. The van der Waals surface area contributed by atoms with Crippen molar-refractivity contribution in [2.24, 2.45) is 5.84 Å². The van der Waals surface area contributed by atoms with E-state index >= 15 is 0 Å². The fraction of sp³-hybridized carbons (Fsp3) is 0. The van der Waals surface area contributed by atoms with Gasteiger partial charge in [-0.2, -0.15) is 9.97 Å². The van der Waals surface area contributed by atoms with Crippen LogP contribution in [0.25, 0.3) is 0 Å². The van der Waals surface area contributed by atoms with Gasteiger partial charge in [0.05, 0.1) is 0 Å². The third-order valence-corrected chi connectivity index (χ3v) is 2.47. The van der Waals surface area contributed by atoms with E-state index in [0.717, 1.165) is 0 Å². The Morgan fingerprint density at radius 3 is 2.78 bits per heavy atom. The molecule has 5 N–H and O–H groups in total.